The molecule has 6 rings (SSSR count). The lowest BCUT2D eigenvalue weighted by atomic mass is 10.1. The van der Waals surface area contributed by atoms with Gasteiger partial charge in [-0.1, -0.05) is 5.10 Å². The lowest BCUT2D eigenvalue weighted by Gasteiger charge is -2.38. The molecule has 1 aromatic carbocycles. The second-order valence-corrected chi connectivity index (χ2v) is 9.35. The number of hydrogen-bond acceptors (Lipinski definition) is 9. The zero-order valence-corrected chi connectivity index (χ0v) is 20.4. The topological polar surface area (TPSA) is 133 Å². The summed E-state index contributed by atoms with van der Waals surface area (Å²) in [4.78, 5) is 22.4. The van der Waals surface area contributed by atoms with E-state index >= 15 is 0 Å². The molecule has 12 nitrogen and oxygen atoms in total. The summed E-state index contributed by atoms with van der Waals surface area (Å²) in [7, 11) is 2.16. The van der Waals surface area contributed by atoms with Crippen LogP contribution in [-0.4, -0.2) is 78.9 Å². The Kier molecular flexibility index (Phi) is 5.37. The molecule has 0 unspecified atom stereocenters. The average Bonchev–Trinajstić information content (AvgIpc) is 3.51. The van der Waals surface area contributed by atoms with Gasteiger partial charge in [0.2, 0.25) is 5.95 Å². The number of nitrogens with zero attached hydrogens (tertiary/aromatic N) is 8. The highest BCUT2D eigenvalue weighted by molar-refractivity contribution is 6.06. The first-order chi connectivity index (χ1) is 17.5. The van der Waals surface area contributed by atoms with Crippen LogP contribution in [0.1, 0.15) is 13.8 Å². The summed E-state index contributed by atoms with van der Waals surface area (Å²) in [5, 5.41) is 26.2. The number of amides is 1. The molecule has 1 fully saturated rings. The molecule has 0 bridgehead atoms. The van der Waals surface area contributed by atoms with Gasteiger partial charge in [0.15, 0.2) is 0 Å². The van der Waals surface area contributed by atoms with Crippen molar-refractivity contribution in [3.8, 4) is 11.3 Å². The molecule has 1 atom stereocenters. The quantitative estimate of drug-likeness (QED) is 0.397. The van der Waals surface area contributed by atoms with Crippen LogP contribution in [0.4, 0.5) is 17.5 Å². The first kappa shape index (κ1) is 22.2. The van der Waals surface area contributed by atoms with Crippen LogP contribution in [0.3, 0.4) is 0 Å². The maximum Gasteiger partial charge on any atom is 0.255 e. The van der Waals surface area contributed by atoms with E-state index in [0.29, 0.717) is 29.8 Å². The molecule has 2 aliphatic rings. The van der Waals surface area contributed by atoms with Gasteiger partial charge in [0, 0.05) is 54.2 Å². The van der Waals surface area contributed by atoms with Crippen LogP contribution >= 0.6 is 0 Å². The SMILES string of the molecule is CC1=C(C(=O)Nc2ccc3[nH]nc(-c4ccnc(N5CCN(C)[C@H](C)C5)c4)c3c2)Cn2nnnc2N1. The molecule has 0 radical (unpaired) electrons. The van der Waals surface area contributed by atoms with E-state index < -0.39 is 0 Å². The van der Waals surface area contributed by atoms with E-state index in [2.05, 4.69) is 71.2 Å². The third kappa shape index (κ3) is 3.94. The van der Waals surface area contributed by atoms with E-state index in [9.17, 15) is 4.79 Å². The lowest BCUT2D eigenvalue weighted by molar-refractivity contribution is -0.113. The number of pyridine rings is 1. The van der Waals surface area contributed by atoms with Crippen LogP contribution in [0.2, 0.25) is 0 Å². The van der Waals surface area contributed by atoms with Gasteiger partial charge in [-0.25, -0.2) is 9.67 Å². The Bertz CT molecular complexity index is 1490. The van der Waals surface area contributed by atoms with Gasteiger partial charge in [-0.05, 0) is 61.7 Å². The lowest BCUT2D eigenvalue weighted by Crippen LogP contribution is -2.50. The maximum atomic E-state index is 13.1. The predicted octanol–water partition coefficient (Wildman–Crippen LogP) is 2.09. The van der Waals surface area contributed by atoms with Gasteiger partial charge in [-0.2, -0.15) is 5.10 Å². The number of likely N-dealkylation sites (N-methyl/N-ethyl adjacent to an activating group) is 1. The predicted molar refractivity (Wildman–Crippen MR) is 136 cm³/mol. The van der Waals surface area contributed by atoms with Crippen molar-refractivity contribution < 1.29 is 4.79 Å². The number of aromatic amines is 1. The minimum absolute atomic E-state index is 0.207. The molecule has 1 saturated heterocycles. The summed E-state index contributed by atoms with van der Waals surface area (Å²) in [6.45, 7) is 7.24. The van der Waals surface area contributed by atoms with Crippen molar-refractivity contribution in [1.29, 1.82) is 0 Å². The van der Waals surface area contributed by atoms with Gasteiger partial charge in [0.1, 0.15) is 11.5 Å². The fourth-order valence-electron chi connectivity index (χ4n) is 4.67. The molecule has 2 aliphatic heterocycles. The molecular formula is C24H27N11O. The molecule has 36 heavy (non-hydrogen) atoms. The Morgan fingerprint density at radius 3 is 2.94 bits per heavy atom. The number of carbonyl (C=O) groups excluding carboxylic acids is 1. The molecule has 3 N–H and O–H groups in total. The minimum atomic E-state index is -0.207. The first-order valence-corrected chi connectivity index (χ1v) is 11.9. The zero-order chi connectivity index (χ0) is 24.8. The van der Waals surface area contributed by atoms with Crippen LogP contribution < -0.4 is 15.5 Å². The number of benzene rings is 1. The van der Waals surface area contributed by atoms with E-state index in [-0.39, 0.29) is 5.91 Å². The van der Waals surface area contributed by atoms with Crippen LogP contribution in [0.15, 0.2) is 47.8 Å². The zero-order valence-electron chi connectivity index (χ0n) is 20.4. The molecule has 0 aliphatic carbocycles. The number of rotatable bonds is 4. The van der Waals surface area contributed by atoms with E-state index in [1.165, 1.54) is 0 Å². The number of anilines is 3. The smallest absolute Gasteiger partial charge is 0.255 e. The molecule has 3 aromatic heterocycles. The van der Waals surface area contributed by atoms with Crippen LogP contribution in [0, 0.1) is 0 Å². The highest BCUT2D eigenvalue weighted by Crippen LogP contribution is 2.31. The first-order valence-electron chi connectivity index (χ1n) is 11.9. The van der Waals surface area contributed by atoms with Crippen LogP contribution in [0.5, 0.6) is 0 Å². The van der Waals surface area contributed by atoms with Gasteiger partial charge < -0.3 is 20.4 Å². The van der Waals surface area contributed by atoms with E-state index in [1.807, 2.05) is 37.4 Å². The number of allylic oxidation sites excluding steroid dienone is 1. The summed E-state index contributed by atoms with van der Waals surface area (Å²) in [5.41, 5.74) is 4.66. The average molecular weight is 486 g/mol. The number of carbonyl (C=O) groups is 1. The van der Waals surface area contributed by atoms with Gasteiger partial charge in [0.05, 0.1) is 17.6 Å². The molecule has 0 spiro atoms. The number of piperazine rings is 1. The van der Waals surface area contributed by atoms with Gasteiger partial charge in [0.25, 0.3) is 5.91 Å². The fraction of sp³-hybridized carbons (Fsp3) is 0.333. The maximum absolute atomic E-state index is 13.1. The Balaban J connectivity index is 1.26. The van der Waals surface area contributed by atoms with Crippen molar-refractivity contribution in [2.24, 2.45) is 0 Å². The van der Waals surface area contributed by atoms with Crippen molar-refractivity contribution >= 4 is 34.3 Å². The molecule has 4 aromatic rings. The Hall–Kier alpha value is -4.32. The number of tetrazole rings is 1. The summed E-state index contributed by atoms with van der Waals surface area (Å²) < 4.78 is 1.56. The van der Waals surface area contributed by atoms with Crippen molar-refractivity contribution in [2.45, 2.75) is 26.4 Å². The van der Waals surface area contributed by atoms with Crippen LogP contribution in [0.25, 0.3) is 22.2 Å². The molecule has 184 valence electrons. The number of aromatic nitrogens is 7. The third-order valence-electron chi connectivity index (χ3n) is 6.99. The number of hydrogen-bond donors (Lipinski definition) is 3. The number of nitrogens with one attached hydrogen (secondary N) is 3. The Morgan fingerprint density at radius 1 is 1.19 bits per heavy atom. The molecule has 12 heteroatoms. The van der Waals surface area contributed by atoms with E-state index in [1.54, 1.807) is 4.68 Å². The summed E-state index contributed by atoms with van der Waals surface area (Å²) in [5.74, 6) is 1.26. The molecule has 0 saturated carbocycles. The minimum Gasteiger partial charge on any atom is -0.354 e. The standard InChI is InChI=1S/C24H27N11O/c1-14-12-34(9-8-33(14)3)21-10-16(6-7-25-21)22-18-11-17(4-5-20(18)28-29-22)27-23(36)19-13-35-24(26-15(19)2)30-31-32-35/h4-7,10-11,14H,8-9,12-13H2,1-3H3,(H,27,36)(H,28,29)(H,26,30,32)/t14-/m1/s1. The second-order valence-electron chi connectivity index (χ2n) is 9.35. The fourth-order valence-corrected chi connectivity index (χ4v) is 4.67. The number of H-pyrrole nitrogens is 1. The van der Waals surface area contributed by atoms with Gasteiger partial charge in [-0.3, -0.25) is 9.89 Å². The monoisotopic (exact) mass is 485 g/mol. The van der Waals surface area contributed by atoms with Crippen molar-refractivity contribution in [3.63, 3.8) is 0 Å². The summed E-state index contributed by atoms with van der Waals surface area (Å²) in [6, 6.07) is 10.2. The Morgan fingerprint density at radius 2 is 2.08 bits per heavy atom. The van der Waals surface area contributed by atoms with Gasteiger partial charge >= 0.3 is 0 Å². The van der Waals surface area contributed by atoms with E-state index in [0.717, 1.165) is 53.3 Å². The highest BCUT2D eigenvalue weighted by Gasteiger charge is 2.24. The third-order valence-corrected chi connectivity index (χ3v) is 6.99. The summed E-state index contributed by atoms with van der Waals surface area (Å²) in [6.07, 6.45) is 1.83. The van der Waals surface area contributed by atoms with E-state index in [4.69, 9.17) is 0 Å². The van der Waals surface area contributed by atoms with Crippen molar-refractivity contribution in [3.05, 3.63) is 47.8 Å². The summed E-state index contributed by atoms with van der Waals surface area (Å²) >= 11 is 0. The molecule has 1 amide bonds. The van der Waals surface area contributed by atoms with Crippen molar-refractivity contribution in [2.75, 3.05) is 42.2 Å². The van der Waals surface area contributed by atoms with Crippen LogP contribution in [-0.2, 0) is 11.3 Å². The molecule has 5 heterocycles. The number of fused-ring (bicyclic) bond motifs is 2. The molecular weight excluding hydrogens is 458 g/mol. The second kappa shape index (κ2) is 8.72. The highest BCUT2D eigenvalue weighted by atomic mass is 16.1. The largest absolute Gasteiger partial charge is 0.354 e. The normalized spacial score (nSPS) is 18.3. The van der Waals surface area contributed by atoms with Gasteiger partial charge in [-0.15, -0.1) is 0 Å². The van der Waals surface area contributed by atoms with Crippen molar-refractivity contribution in [1.82, 2.24) is 40.3 Å². The Labute approximate surface area is 207 Å².